The summed E-state index contributed by atoms with van der Waals surface area (Å²) in [5.41, 5.74) is 0.555. The number of hydrogen-bond acceptors (Lipinski definition) is 2. The lowest BCUT2D eigenvalue weighted by molar-refractivity contribution is -0.480. The van der Waals surface area contributed by atoms with Crippen LogP contribution in [-0.2, 0) is 4.84 Å². The van der Waals surface area contributed by atoms with Crippen LogP contribution in [-0.4, -0.2) is 24.3 Å². The summed E-state index contributed by atoms with van der Waals surface area (Å²) in [6.45, 7) is 2.26. The number of halogens is 6. The van der Waals surface area contributed by atoms with Gasteiger partial charge in [0, 0.05) is 5.06 Å². The first-order chi connectivity index (χ1) is 6.55. The van der Waals surface area contributed by atoms with E-state index in [1.807, 2.05) is 0 Å². The number of allylic oxidation sites excluding steroid dienone is 1. The molecule has 0 N–H and O–H groups in total. The van der Waals surface area contributed by atoms with Gasteiger partial charge in [-0.2, -0.15) is 26.3 Å². The molecule has 0 fully saturated rings. The fraction of sp³-hybridized carbons (Fsp3) is 0.714. The SMILES string of the molecule is CC(C)=CCON(C(F)(F)F)C(F)(F)F. The van der Waals surface area contributed by atoms with E-state index in [0.29, 0.717) is 5.57 Å². The quantitative estimate of drug-likeness (QED) is 0.323. The lowest BCUT2D eigenvalue weighted by Gasteiger charge is -2.24. The van der Waals surface area contributed by atoms with Gasteiger partial charge in [0.2, 0.25) is 0 Å². The van der Waals surface area contributed by atoms with Crippen LogP contribution in [0.4, 0.5) is 26.3 Å². The van der Waals surface area contributed by atoms with E-state index in [1.165, 1.54) is 13.8 Å². The minimum atomic E-state index is -5.60. The van der Waals surface area contributed by atoms with Gasteiger partial charge in [-0.25, -0.2) is 0 Å². The normalized spacial score (nSPS) is 13.1. The fourth-order valence-corrected chi connectivity index (χ4v) is 0.569. The molecule has 0 heterocycles. The molecule has 0 radical (unpaired) electrons. The first-order valence-electron chi connectivity index (χ1n) is 3.75. The third kappa shape index (κ3) is 5.63. The van der Waals surface area contributed by atoms with E-state index in [0.717, 1.165) is 6.08 Å². The molecule has 0 aromatic carbocycles. The van der Waals surface area contributed by atoms with E-state index >= 15 is 0 Å². The predicted octanol–water partition coefficient (Wildman–Crippen LogP) is 3.23. The second kappa shape index (κ2) is 4.84. The molecule has 0 aliphatic heterocycles. The van der Waals surface area contributed by atoms with Crippen LogP contribution >= 0.6 is 0 Å². The van der Waals surface area contributed by atoms with Gasteiger partial charge in [0.15, 0.2) is 0 Å². The van der Waals surface area contributed by atoms with Crippen molar-refractivity contribution < 1.29 is 31.2 Å². The molecule has 0 bridgehead atoms. The average Bonchev–Trinajstić information content (AvgIpc) is 1.92. The fourth-order valence-electron chi connectivity index (χ4n) is 0.569. The Hall–Kier alpha value is -0.760. The highest BCUT2D eigenvalue weighted by atomic mass is 19.4. The van der Waals surface area contributed by atoms with E-state index in [2.05, 4.69) is 4.84 Å². The van der Waals surface area contributed by atoms with Gasteiger partial charge in [-0.3, -0.25) is 4.84 Å². The second-order valence-electron chi connectivity index (χ2n) is 2.81. The topological polar surface area (TPSA) is 12.5 Å². The molecule has 0 saturated heterocycles. The van der Waals surface area contributed by atoms with Crippen molar-refractivity contribution in [2.75, 3.05) is 6.61 Å². The average molecular weight is 237 g/mol. The van der Waals surface area contributed by atoms with Crippen molar-refractivity contribution in [2.24, 2.45) is 0 Å². The van der Waals surface area contributed by atoms with Crippen LogP contribution in [0.2, 0.25) is 0 Å². The van der Waals surface area contributed by atoms with Gasteiger partial charge in [-0.15, -0.1) is 0 Å². The number of rotatable bonds is 3. The molecule has 15 heavy (non-hydrogen) atoms. The maximum atomic E-state index is 11.8. The summed E-state index contributed by atoms with van der Waals surface area (Å²) in [4.78, 5) is 3.59. The van der Waals surface area contributed by atoms with E-state index in [4.69, 9.17) is 0 Å². The summed E-state index contributed by atoms with van der Waals surface area (Å²) in [5.74, 6) is 0. The Morgan fingerprint density at radius 3 is 1.73 bits per heavy atom. The molecule has 0 atom stereocenters. The zero-order valence-electron chi connectivity index (χ0n) is 7.91. The summed E-state index contributed by atoms with van der Waals surface area (Å²) in [6.07, 6.45) is -10.1. The molecular formula is C7H9F6NO. The molecule has 0 aliphatic carbocycles. The number of hydroxylamine groups is 2. The monoisotopic (exact) mass is 237 g/mol. The molecule has 0 amide bonds. The smallest absolute Gasteiger partial charge is 0.280 e. The Balaban J connectivity index is 4.49. The second-order valence-corrected chi connectivity index (χ2v) is 2.81. The first kappa shape index (κ1) is 14.2. The van der Waals surface area contributed by atoms with E-state index in [1.54, 1.807) is 0 Å². The summed E-state index contributed by atoms with van der Waals surface area (Å²) in [6, 6.07) is 0. The lowest BCUT2D eigenvalue weighted by Crippen LogP contribution is -2.47. The van der Waals surface area contributed by atoms with E-state index in [9.17, 15) is 26.3 Å². The van der Waals surface area contributed by atoms with Gasteiger partial charge in [-0.05, 0) is 13.8 Å². The third-order valence-corrected chi connectivity index (χ3v) is 1.16. The molecule has 0 rings (SSSR count). The van der Waals surface area contributed by atoms with Crippen molar-refractivity contribution in [1.29, 1.82) is 0 Å². The Morgan fingerprint density at radius 1 is 1.07 bits per heavy atom. The van der Waals surface area contributed by atoms with Crippen molar-refractivity contribution in [3.63, 3.8) is 0 Å². The molecule has 0 aromatic rings. The molecule has 0 aliphatic rings. The van der Waals surface area contributed by atoms with E-state index < -0.39 is 24.3 Å². The zero-order chi connectivity index (χ0) is 12.3. The molecular weight excluding hydrogens is 228 g/mol. The minimum absolute atomic E-state index is 0.555. The van der Waals surface area contributed by atoms with E-state index in [-0.39, 0.29) is 0 Å². The van der Waals surface area contributed by atoms with Crippen molar-refractivity contribution in [1.82, 2.24) is 5.06 Å². The highest BCUT2D eigenvalue weighted by Crippen LogP contribution is 2.33. The maximum Gasteiger partial charge on any atom is 0.490 e. The van der Waals surface area contributed by atoms with Crippen LogP contribution in [0.1, 0.15) is 13.8 Å². The van der Waals surface area contributed by atoms with Gasteiger partial charge in [0.25, 0.3) is 0 Å². The van der Waals surface area contributed by atoms with Gasteiger partial charge >= 0.3 is 12.6 Å². The van der Waals surface area contributed by atoms with Crippen LogP contribution in [0.3, 0.4) is 0 Å². The molecule has 0 saturated carbocycles. The summed E-state index contributed by atoms with van der Waals surface area (Å²) in [7, 11) is 0. The molecule has 90 valence electrons. The Bertz CT molecular complexity index is 213. The van der Waals surface area contributed by atoms with Crippen LogP contribution in [0, 0.1) is 0 Å². The zero-order valence-corrected chi connectivity index (χ0v) is 7.91. The minimum Gasteiger partial charge on any atom is -0.280 e. The highest BCUT2D eigenvalue weighted by Gasteiger charge is 2.55. The van der Waals surface area contributed by atoms with Crippen molar-refractivity contribution in [3.05, 3.63) is 11.6 Å². The summed E-state index contributed by atoms with van der Waals surface area (Å²) < 4.78 is 70.8. The van der Waals surface area contributed by atoms with Crippen LogP contribution in [0.15, 0.2) is 11.6 Å². The Kier molecular flexibility index (Phi) is 4.60. The standard InChI is InChI=1S/C7H9F6NO/c1-5(2)3-4-15-14(6(8,9)10)7(11,12)13/h3H,4H2,1-2H3. The Morgan fingerprint density at radius 2 is 1.47 bits per heavy atom. The maximum absolute atomic E-state index is 11.8. The van der Waals surface area contributed by atoms with Crippen molar-refractivity contribution >= 4 is 0 Å². The van der Waals surface area contributed by atoms with Crippen LogP contribution in [0.5, 0.6) is 0 Å². The van der Waals surface area contributed by atoms with Gasteiger partial charge in [0.1, 0.15) is 0 Å². The molecule has 2 nitrogen and oxygen atoms in total. The van der Waals surface area contributed by atoms with Crippen molar-refractivity contribution in [2.45, 2.75) is 26.4 Å². The third-order valence-electron chi connectivity index (χ3n) is 1.16. The van der Waals surface area contributed by atoms with Crippen LogP contribution < -0.4 is 0 Å². The summed E-state index contributed by atoms with van der Waals surface area (Å²) >= 11 is 0. The number of nitrogens with zero attached hydrogens (tertiary/aromatic N) is 1. The Labute approximate surface area is 82.1 Å². The molecule has 0 aromatic heterocycles. The molecule has 8 heteroatoms. The van der Waals surface area contributed by atoms with Gasteiger partial charge in [0.05, 0.1) is 6.61 Å². The predicted molar refractivity (Wildman–Crippen MR) is 39.3 cm³/mol. The first-order valence-corrected chi connectivity index (χ1v) is 3.75. The number of alkyl halides is 6. The van der Waals surface area contributed by atoms with Crippen LogP contribution in [0.25, 0.3) is 0 Å². The lowest BCUT2D eigenvalue weighted by atomic mass is 10.3. The number of hydrogen-bond donors (Lipinski definition) is 0. The highest BCUT2D eigenvalue weighted by molar-refractivity contribution is 4.92. The molecule has 0 unspecified atom stereocenters. The van der Waals surface area contributed by atoms with Crippen molar-refractivity contribution in [3.8, 4) is 0 Å². The summed E-state index contributed by atoms with van der Waals surface area (Å²) in [5, 5.41) is -1.93. The van der Waals surface area contributed by atoms with Gasteiger partial charge in [-0.1, -0.05) is 11.6 Å². The molecule has 0 spiro atoms. The largest absolute Gasteiger partial charge is 0.490 e. The van der Waals surface area contributed by atoms with Gasteiger partial charge < -0.3 is 0 Å².